The van der Waals surface area contributed by atoms with Crippen molar-refractivity contribution in [3.05, 3.63) is 69.3 Å². The maximum absolute atomic E-state index is 15.8. The number of carboxylic acids is 1. The Balaban J connectivity index is 1.80. The third-order valence-corrected chi connectivity index (χ3v) is 7.22. The number of aromatic carboxylic acids is 1. The fourth-order valence-electron chi connectivity index (χ4n) is 5.12. The van der Waals surface area contributed by atoms with Crippen molar-refractivity contribution in [2.75, 3.05) is 18.0 Å². The predicted molar refractivity (Wildman–Crippen MR) is 145 cm³/mol. The molecule has 1 aliphatic rings. The molecule has 3 aromatic rings. The Labute approximate surface area is 229 Å². The third kappa shape index (κ3) is 5.50. The Morgan fingerprint density at radius 2 is 1.75 bits per heavy atom. The molecule has 0 aliphatic carbocycles. The molecule has 214 valence electrons. The van der Waals surface area contributed by atoms with E-state index in [2.05, 4.69) is 5.32 Å². The van der Waals surface area contributed by atoms with Crippen LogP contribution in [-0.4, -0.2) is 46.0 Å². The number of nitrogens with one attached hydrogen (secondary N) is 1. The standard InChI is InChI=1S/C29H32F3N3O5/c1-15-23-21(35(14-18(25(23)36)26(37)38)20-8-7-17(30)11-19(20)31)12-22(24(15)32)34-10-9-16(13-34)29(5,6)33-27(39)40-28(2,3)4/h7-8,11-12,14,16H,9-10,13H2,1-6H3,(H,33,39)(H,37,38). The maximum Gasteiger partial charge on any atom is 0.408 e. The van der Waals surface area contributed by atoms with E-state index in [9.17, 15) is 28.3 Å². The van der Waals surface area contributed by atoms with E-state index in [0.29, 0.717) is 25.6 Å². The lowest BCUT2D eigenvalue weighted by molar-refractivity contribution is 0.0441. The minimum atomic E-state index is -1.56. The lowest BCUT2D eigenvalue weighted by Crippen LogP contribution is -2.51. The number of carboxylic acid groups (broad SMARTS) is 1. The van der Waals surface area contributed by atoms with Gasteiger partial charge in [0.05, 0.1) is 22.3 Å². The molecule has 1 atom stereocenters. The average molecular weight is 560 g/mol. The first-order valence-corrected chi connectivity index (χ1v) is 12.8. The third-order valence-electron chi connectivity index (χ3n) is 7.22. The molecule has 2 aromatic carbocycles. The topological polar surface area (TPSA) is 101 Å². The van der Waals surface area contributed by atoms with Gasteiger partial charge >= 0.3 is 12.1 Å². The van der Waals surface area contributed by atoms with E-state index >= 15 is 4.39 Å². The summed E-state index contributed by atoms with van der Waals surface area (Å²) in [6.45, 7) is 11.1. The Bertz CT molecular complexity index is 1580. The first kappa shape index (κ1) is 29.0. The lowest BCUT2D eigenvalue weighted by atomic mass is 9.87. The second kappa shape index (κ2) is 10.2. The molecule has 0 saturated carbocycles. The van der Waals surface area contributed by atoms with Crippen molar-refractivity contribution in [2.24, 2.45) is 5.92 Å². The molecule has 8 nitrogen and oxygen atoms in total. The van der Waals surface area contributed by atoms with Crippen molar-refractivity contribution in [1.82, 2.24) is 9.88 Å². The van der Waals surface area contributed by atoms with E-state index in [0.717, 1.165) is 22.9 Å². The zero-order valence-corrected chi connectivity index (χ0v) is 23.2. The van der Waals surface area contributed by atoms with Gasteiger partial charge in [0.1, 0.15) is 28.6 Å². The van der Waals surface area contributed by atoms with Crippen LogP contribution >= 0.6 is 0 Å². The number of aromatic nitrogens is 1. The number of carbonyl (C=O) groups is 2. The van der Waals surface area contributed by atoms with Crippen LogP contribution in [0.2, 0.25) is 0 Å². The maximum atomic E-state index is 15.8. The molecule has 11 heteroatoms. The summed E-state index contributed by atoms with van der Waals surface area (Å²) in [5.41, 5.74) is -3.04. The van der Waals surface area contributed by atoms with Gasteiger partial charge in [-0.3, -0.25) is 4.79 Å². The highest BCUT2D eigenvalue weighted by atomic mass is 19.1. The largest absolute Gasteiger partial charge is 0.477 e. The molecule has 1 amide bonds. The molecule has 0 bridgehead atoms. The van der Waals surface area contributed by atoms with Crippen molar-refractivity contribution < 1.29 is 32.6 Å². The Kier molecular flexibility index (Phi) is 7.38. The summed E-state index contributed by atoms with van der Waals surface area (Å²) in [6.07, 6.45) is 1.00. The second-order valence-electron chi connectivity index (χ2n) is 11.7. The van der Waals surface area contributed by atoms with Crippen LogP contribution in [0.5, 0.6) is 0 Å². The Hall–Kier alpha value is -4.02. The van der Waals surface area contributed by atoms with Crippen LogP contribution in [0.1, 0.15) is 57.0 Å². The lowest BCUT2D eigenvalue weighted by Gasteiger charge is -2.34. The van der Waals surface area contributed by atoms with Crippen LogP contribution in [0.15, 0.2) is 35.3 Å². The molecule has 1 aromatic heterocycles. The summed E-state index contributed by atoms with van der Waals surface area (Å²) < 4.78 is 50.8. The van der Waals surface area contributed by atoms with Crippen molar-refractivity contribution >= 4 is 28.7 Å². The molecule has 1 aliphatic heterocycles. The van der Waals surface area contributed by atoms with Gasteiger partial charge in [0.25, 0.3) is 0 Å². The van der Waals surface area contributed by atoms with Crippen molar-refractivity contribution in [3.8, 4) is 5.69 Å². The number of rotatable bonds is 5. The molecule has 1 unspecified atom stereocenters. The summed E-state index contributed by atoms with van der Waals surface area (Å²) >= 11 is 0. The summed E-state index contributed by atoms with van der Waals surface area (Å²) in [7, 11) is 0. The fourth-order valence-corrected chi connectivity index (χ4v) is 5.12. The van der Waals surface area contributed by atoms with Crippen LogP contribution < -0.4 is 15.6 Å². The minimum Gasteiger partial charge on any atom is -0.477 e. The molecular weight excluding hydrogens is 527 g/mol. The highest BCUT2D eigenvalue weighted by molar-refractivity contribution is 5.95. The summed E-state index contributed by atoms with van der Waals surface area (Å²) in [4.78, 5) is 39.1. The molecule has 0 spiro atoms. The molecule has 2 N–H and O–H groups in total. The van der Waals surface area contributed by atoms with Crippen LogP contribution in [0.4, 0.5) is 23.7 Å². The SMILES string of the molecule is Cc1c(F)c(N2CCC(C(C)(C)NC(=O)OC(C)(C)C)C2)cc2c1c(=O)c(C(=O)O)cn2-c1ccc(F)cc1F. The molecule has 40 heavy (non-hydrogen) atoms. The van der Waals surface area contributed by atoms with Gasteiger partial charge in [-0.2, -0.15) is 0 Å². The molecule has 1 fully saturated rings. The molecule has 0 radical (unpaired) electrons. The van der Waals surface area contributed by atoms with Crippen LogP contribution in [0, 0.1) is 30.3 Å². The van der Waals surface area contributed by atoms with E-state index in [1.807, 2.05) is 13.8 Å². The van der Waals surface area contributed by atoms with Gasteiger partial charge in [0.2, 0.25) is 5.43 Å². The van der Waals surface area contributed by atoms with E-state index < -0.39 is 51.6 Å². The molecule has 2 heterocycles. The monoisotopic (exact) mass is 559 g/mol. The number of aryl methyl sites for hydroxylation is 1. The van der Waals surface area contributed by atoms with Crippen molar-refractivity contribution in [3.63, 3.8) is 0 Å². The molecule has 1 saturated heterocycles. The quantitative estimate of drug-likeness (QED) is 0.426. The van der Waals surface area contributed by atoms with E-state index in [4.69, 9.17) is 4.74 Å². The second-order valence-corrected chi connectivity index (χ2v) is 11.7. The number of ether oxygens (including phenoxy) is 1. The zero-order valence-electron chi connectivity index (χ0n) is 23.2. The van der Waals surface area contributed by atoms with Gasteiger partial charge in [0.15, 0.2) is 0 Å². The fraction of sp³-hybridized carbons (Fsp3) is 0.414. The number of carbonyl (C=O) groups excluding carboxylic acids is 1. The number of hydrogen-bond donors (Lipinski definition) is 2. The first-order chi connectivity index (χ1) is 18.5. The normalized spacial score (nSPS) is 15.9. The van der Waals surface area contributed by atoms with Gasteiger partial charge in [0, 0.05) is 42.4 Å². The zero-order chi connectivity index (χ0) is 29.7. The number of fused-ring (bicyclic) bond motifs is 1. The van der Waals surface area contributed by atoms with E-state index in [1.54, 1.807) is 25.7 Å². The van der Waals surface area contributed by atoms with E-state index in [1.165, 1.54) is 13.0 Å². The highest BCUT2D eigenvalue weighted by Gasteiger charge is 2.38. The van der Waals surface area contributed by atoms with Crippen molar-refractivity contribution in [1.29, 1.82) is 0 Å². The number of nitrogens with zero attached hydrogens (tertiary/aromatic N) is 2. The Morgan fingerprint density at radius 1 is 1.07 bits per heavy atom. The van der Waals surface area contributed by atoms with Gasteiger partial charge in [-0.25, -0.2) is 22.8 Å². The van der Waals surface area contributed by atoms with Crippen LogP contribution in [0.25, 0.3) is 16.6 Å². The van der Waals surface area contributed by atoms with Gasteiger partial charge in [-0.05, 0) is 66.2 Å². The molecule has 4 rings (SSSR count). The number of pyridine rings is 1. The van der Waals surface area contributed by atoms with Gasteiger partial charge in [-0.15, -0.1) is 0 Å². The van der Waals surface area contributed by atoms with Gasteiger partial charge < -0.3 is 24.6 Å². The number of alkyl carbamates (subject to hydrolysis) is 1. The van der Waals surface area contributed by atoms with Crippen molar-refractivity contribution in [2.45, 2.75) is 59.1 Å². The average Bonchev–Trinajstić information content (AvgIpc) is 3.31. The molecular formula is C29H32F3N3O5. The number of benzene rings is 2. The number of anilines is 1. The van der Waals surface area contributed by atoms with E-state index in [-0.39, 0.29) is 33.8 Å². The predicted octanol–water partition coefficient (Wildman–Crippen LogP) is 5.54. The smallest absolute Gasteiger partial charge is 0.408 e. The highest BCUT2D eigenvalue weighted by Crippen LogP contribution is 2.36. The number of halogens is 3. The van der Waals surface area contributed by atoms with Gasteiger partial charge in [-0.1, -0.05) is 0 Å². The first-order valence-electron chi connectivity index (χ1n) is 12.8. The number of hydrogen-bond acceptors (Lipinski definition) is 5. The minimum absolute atomic E-state index is 0.0731. The summed E-state index contributed by atoms with van der Waals surface area (Å²) in [5, 5.41) is 12.3. The van der Waals surface area contributed by atoms with Crippen LogP contribution in [-0.2, 0) is 4.74 Å². The Morgan fingerprint density at radius 3 is 2.35 bits per heavy atom. The van der Waals surface area contributed by atoms with Crippen LogP contribution in [0.3, 0.4) is 0 Å². The number of amides is 1. The summed E-state index contributed by atoms with van der Waals surface area (Å²) in [6, 6.07) is 4.15. The summed E-state index contributed by atoms with van der Waals surface area (Å²) in [5.74, 6) is -4.19.